The molecule has 0 rings (SSSR count). The number of unbranched alkanes of at least 4 members (excludes halogenated alkanes) is 12. The van der Waals surface area contributed by atoms with Gasteiger partial charge < -0.3 is 24.4 Å². The minimum atomic E-state index is -4.67. The second-order valence-electron chi connectivity index (χ2n) is 12.4. The van der Waals surface area contributed by atoms with Crippen molar-refractivity contribution in [3.8, 4) is 0 Å². The summed E-state index contributed by atoms with van der Waals surface area (Å²) in [6.45, 7) is 3.80. The van der Waals surface area contributed by atoms with Gasteiger partial charge >= 0.3 is 13.8 Å². The first-order valence-electron chi connectivity index (χ1n) is 19.1. The normalized spacial score (nSPS) is 14.2. The standard InChI is InChI=1S/C41H69O8P/c1-3-5-7-9-11-12-13-14-15-18-21-24-28-32-36-47-40(38-49-50(44,45)46)37-48-41(43)35-31-27-23-20-17-16-19-22-26-30-34-39(42)33-29-25-10-8-6-4-2/h6,8,16-17,22-23,25-27,29-30,32,34,36,39-40,42H,3-5,7,9-15,18-21,24,28,31,33,35,37-38H2,1-2H3,(H2,44,45,46)/b8-6-,17-16-,26-22-,27-23-,29-25-,34-30+,36-32+/t39?,40-/m1/s1. The van der Waals surface area contributed by atoms with E-state index in [2.05, 4.69) is 42.7 Å². The van der Waals surface area contributed by atoms with Crippen molar-refractivity contribution in [3.63, 3.8) is 0 Å². The van der Waals surface area contributed by atoms with Crippen LogP contribution in [0.15, 0.2) is 85.3 Å². The molecule has 3 N–H and O–H groups in total. The molecule has 0 spiro atoms. The Morgan fingerprint density at radius 1 is 0.660 bits per heavy atom. The second-order valence-corrected chi connectivity index (χ2v) is 13.7. The molecule has 0 aromatic carbocycles. The van der Waals surface area contributed by atoms with E-state index < -0.39 is 32.6 Å². The van der Waals surface area contributed by atoms with Crippen LogP contribution in [0.2, 0.25) is 0 Å². The molecule has 0 fully saturated rings. The number of allylic oxidation sites excluding steroid dienone is 11. The molecule has 0 aliphatic rings. The number of esters is 1. The molecule has 0 radical (unpaired) electrons. The highest BCUT2D eigenvalue weighted by Gasteiger charge is 2.20. The summed E-state index contributed by atoms with van der Waals surface area (Å²) < 4.78 is 26.6. The van der Waals surface area contributed by atoms with E-state index in [4.69, 9.17) is 19.3 Å². The summed E-state index contributed by atoms with van der Waals surface area (Å²) in [4.78, 5) is 30.3. The molecular weight excluding hydrogens is 651 g/mol. The molecule has 0 heterocycles. The molecule has 50 heavy (non-hydrogen) atoms. The summed E-state index contributed by atoms with van der Waals surface area (Å²) in [7, 11) is -4.67. The lowest BCUT2D eigenvalue weighted by atomic mass is 10.0. The first kappa shape index (κ1) is 47.5. The Hall–Kier alpha value is -2.48. The van der Waals surface area contributed by atoms with Gasteiger partial charge in [-0.1, -0.05) is 157 Å². The van der Waals surface area contributed by atoms with E-state index in [0.29, 0.717) is 12.8 Å². The average Bonchev–Trinajstić information content (AvgIpc) is 3.08. The van der Waals surface area contributed by atoms with E-state index in [1.807, 2.05) is 48.6 Å². The Bertz CT molecular complexity index is 1040. The number of hydrogen-bond acceptors (Lipinski definition) is 6. The smallest absolute Gasteiger partial charge is 0.469 e. The van der Waals surface area contributed by atoms with Crippen LogP contribution in [0.3, 0.4) is 0 Å². The Balaban J connectivity index is 4.11. The third-order valence-corrected chi connectivity index (χ3v) is 8.13. The van der Waals surface area contributed by atoms with E-state index >= 15 is 0 Å². The molecule has 0 saturated heterocycles. The van der Waals surface area contributed by atoms with Gasteiger partial charge in [0, 0.05) is 6.42 Å². The van der Waals surface area contributed by atoms with Gasteiger partial charge in [0.05, 0.1) is 19.0 Å². The van der Waals surface area contributed by atoms with Crippen molar-refractivity contribution >= 4 is 13.8 Å². The van der Waals surface area contributed by atoms with Crippen LogP contribution in [-0.4, -0.2) is 46.3 Å². The van der Waals surface area contributed by atoms with Crippen LogP contribution in [0.1, 0.15) is 142 Å². The highest BCUT2D eigenvalue weighted by atomic mass is 31.2. The van der Waals surface area contributed by atoms with Crippen molar-refractivity contribution in [2.75, 3.05) is 13.2 Å². The summed E-state index contributed by atoms with van der Waals surface area (Å²) in [5, 5.41) is 9.96. The van der Waals surface area contributed by atoms with Gasteiger partial charge in [-0.2, -0.15) is 0 Å². The van der Waals surface area contributed by atoms with E-state index in [0.717, 1.165) is 44.9 Å². The summed E-state index contributed by atoms with van der Waals surface area (Å²) in [6.07, 6.45) is 47.1. The van der Waals surface area contributed by atoms with Gasteiger partial charge in [-0.3, -0.25) is 9.32 Å². The molecule has 1 unspecified atom stereocenters. The maximum atomic E-state index is 12.2. The number of hydrogen-bond donors (Lipinski definition) is 3. The van der Waals surface area contributed by atoms with E-state index in [9.17, 15) is 14.5 Å². The zero-order valence-corrected chi connectivity index (χ0v) is 32.0. The highest BCUT2D eigenvalue weighted by Crippen LogP contribution is 2.35. The quantitative estimate of drug-likeness (QED) is 0.0150. The Labute approximate surface area is 304 Å². The molecule has 0 bridgehead atoms. The Morgan fingerprint density at radius 2 is 1.24 bits per heavy atom. The molecule has 2 atom stereocenters. The fraction of sp³-hybridized carbons (Fsp3) is 0.634. The maximum Gasteiger partial charge on any atom is 0.469 e. The van der Waals surface area contributed by atoms with Gasteiger partial charge in [-0.05, 0) is 57.4 Å². The predicted octanol–water partition coefficient (Wildman–Crippen LogP) is 11.1. The number of ether oxygens (including phenoxy) is 2. The number of carbonyl (C=O) groups is 1. The molecule has 9 heteroatoms. The zero-order chi connectivity index (χ0) is 36.8. The summed E-state index contributed by atoms with van der Waals surface area (Å²) in [5.74, 6) is -0.418. The molecular formula is C41H69O8P. The van der Waals surface area contributed by atoms with Crippen molar-refractivity contribution < 1.29 is 38.3 Å². The van der Waals surface area contributed by atoms with Crippen molar-refractivity contribution in [2.24, 2.45) is 0 Å². The Morgan fingerprint density at radius 3 is 1.88 bits per heavy atom. The third-order valence-electron chi connectivity index (χ3n) is 7.64. The van der Waals surface area contributed by atoms with Crippen molar-refractivity contribution in [1.82, 2.24) is 0 Å². The lowest BCUT2D eigenvalue weighted by molar-refractivity contribution is -0.147. The molecule has 0 aromatic rings. The number of rotatable bonds is 34. The summed E-state index contributed by atoms with van der Waals surface area (Å²) in [5.41, 5.74) is 0. The maximum absolute atomic E-state index is 12.2. The first-order valence-corrected chi connectivity index (χ1v) is 20.6. The van der Waals surface area contributed by atoms with Crippen molar-refractivity contribution in [1.29, 1.82) is 0 Å². The van der Waals surface area contributed by atoms with Crippen LogP contribution in [-0.2, 0) is 23.4 Å². The molecule has 0 aliphatic carbocycles. The molecule has 8 nitrogen and oxygen atoms in total. The van der Waals surface area contributed by atoms with Gasteiger partial charge in [-0.25, -0.2) is 4.57 Å². The van der Waals surface area contributed by atoms with Gasteiger partial charge in [0.2, 0.25) is 0 Å². The number of aliphatic hydroxyl groups is 1. The molecule has 0 aliphatic heterocycles. The van der Waals surface area contributed by atoms with Crippen molar-refractivity contribution in [3.05, 3.63) is 85.3 Å². The predicted molar refractivity (Wildman–Crippen MR) is 208 cm³/mol. The third kappa shape index (κ3) is 38.3. The SMILES string of the molecule is CC/C=C\C/C=C\CC(O)/C=C/C=C\C/C=C\C/C=C\CCC(=O)OC[C@H](COP(=O)(O)O)O/C=C/CCCCCCCCCCCCCC. The molecule has 0 amide bonds. The molecule has 0 aromatic heterocycles. The summed E-state index contributed by atoms with van der Waals surface area (Å²) in [6, 6.07) is 0. The number of phosphoric ester groups is 1. The number of aliphatic hydroxyl groups excluding tert-OH is 1. The first-order chi connectivity index (χ1) is 24.3. The van der Waals surface area contributed by atoms with Gasteiger partial charge in [0.1, 0.15) is 6.61 Å². The van der Waals surface area contributed by atoms with E-state index in [1.54, 1.807) is 6.08 Å². The lowest BCUT2D eigenvalue weighted by Crippen LogP contribution is -2.25. The summed E-state index contributed by atoms with van der Waals surface area (Å²) >= 11 is 0. The number of phosphoric acid groups is 1. The molecule has 0 saturated carbocycles. The van der Waals surface area contributed by atoms with Crippen LogP contribution in [0.5, 0.6) is 0 Å². The van der Waals surface area contributed by atoms with Crippen LogP contribution >= 0.6 is 7.82 Å². The monoisotopic (exact) mass is 720 g/mol. The number of carbonyl (C=O) groups excluding carboxylic acids is 1. The van der Waals surface area contributed by atoms with Gasteiger partial charge in [0.25, 0.3) is 0 Å². The second kappa shape index (κ2) is 36.3. The molecule has 286 valence electrons. The lowest BCUT2D eigenvalue weighted by Gasteiger charge is -2.17. The fourth-order valence-electron chi connectivity index (χ4n) is 4.77. The van der Waals surface area contributed by atoms with Gasteiger partial charge in [-0.15, -0.1) is 0 Å². The van der Waals surface area contributed by atoms with Crippen LogP contribution in [0, 0.1) is 0 Å². The highest BCUT2D eigenvalue weighted by molar-refractivity contribution is 7.46. The van der Waals surface area contributed by atoms with E-state index in [1.165, 1.54) is 70.5 Å². The van der Waals surface area contributed by atoms with Crippen molar-refractivity contribution in [2.45, 2.75) is 154 Å². The van der Waals surface area contributed by atoms with Crippen LogP contribution < -0.4 is 0 Å². The minimum Gasteiger partial charge on any atom is -0.492 e. The zero-order valence-electron chi connectivity index (χ0n) is 31.1. The van der Waals surface area contributed by atoms with Crippen LogP contribution in [0.25, 0.3) is 0 Å². The average molecular weight is 721 g/mol. The fourth-order valence-corrected chi connectivity index (χ4v) is 5.13. The Kier molecular flexibility index (Phi) is 34.5. The largest absolute Gasteiger partial charge is 0.492 e. The van der Waals surface area contributed by atoms with Gasteiger partial charge in [0.15, 0.2) is 6.10 Å². The van der Waals surface area contributed by atoms with E-state index in [-0.39, 0.29) is 13.0 Å². The topological polar surface area (TPSA) is 123 Å². The minimum absolute atomic E-state index is 0.163. The van der Waals surface area contributed by atoms with Crippen LogP contribution in [0.4, 0.5) is 0 Å².